The normalized spacial score (nSPS) is 21.3. The highest BCUT2D eigenvalue weighted by Gasteiger charge is 2.36. The molecule has 1 aromatic carbocycles. The molecule has 0 saturated carbocycles. The van der Waals surface area contributed by atoms with Crippen LogP contribution in [0.15, 0.2) is 12.1 Å². The lowest BCUT2D eigenvalue weighted by atomic mass is 9.89. The Hall–Kier alpha value is -2.83. The number of nitriles is 1. The van der Waals surface area contributed by atoms with E-state index in [1.165, 1.54) is 4.90 Å². The Morgan fingerprint density at radius 1 is 1.26 bits per heavy atom. The highest BCUT2D eigenvalue weighted by molar-refractivity contribution is 5.89. The number of nitrogens with two attached hydrogens (primary N) is 1. The van der Waals surface area contributed by atoms with Crippen LogP contribution in [0.4, 0.5) is 0 Å². The van der Waals surface area contributed by atoms with Gasteiger partial charge in [0, 0.05) is 19.7 Å². The van der Waals surface area contributed by atoms with Gasteiger partial charge in [-0.25, -0.2) is 0 Å². The van der Waals surface area contributed by atoms with Gasteiger partial charge in [-0.05, 0) is 48.9 Å². The van der Waals surface area contributed by atoms with Crippen molar-refractivity contribution in [1.82, 2.24) is 9.80 Å². The number of aliphatic hydroxyl groups is 1. The monoisotopic (exact) mass is 430 g/mol. The fraction of sp³-hybridized carbons (Fsp3) is 0.591. The number of rotatable bonds is 7. The van der Waals surface area contributed by atoms with Gasteiger partial charge in [0.1, 0.15) is 6.04 Å². The number of methoxy groups -OCH3 is 2. The summed E-state index contributed by atoms with van der Waals surface area (Å²) in [6, 6.07) is 4.07. The molecule has 168 valence electrons. The third kappa shape index (κ3) is 4.60. The average Bonchev–Trinajstić information content (AvgIpc) is 3.26. The molecule has 3 rings (SSSR count). The molecule has 1 aromatic rings. The smallest absolute Gasteiger partial charge is 0.241 e. The molecule has 2 amide bonds. The predicted molar refractivity (Wildman–Crippen MR) is 112 cm³/mol. The van der Waals surface area contributed by atoms with Crippen LogP contribution >= 0.6 is 0 Å². The van der Waals surface area contributed by atoms with Gasteiger partial charge in [-0.2, -0.15) is 5.26 Å². The van der Waals surface area contributed by atoms with Crippen molar-refractivity contribution in [3.63, 3.8) is 0 Å². The first-order valence-electron chi connectivity index (χ1n) is 10.6. The van der Waals surface area contributed by atoms with Crippen molar-refractivity contribution in [1.29, 1.82) is 5.26 Å². The number of carbonyl (C=O) groups is 2. The van der Waals surface area contributed by atoms with Gasteiger partial charge in [0.2, 0.25) is 11.8 Å². The number of aliphatic hydroxyl groups excluding tert-OH is 1. The third-order valence-electron chi connectivity index (χ3n) is 6.12. The van der Waals surface area contributed by atoms with E-state index in [-0.39, 0.29) is 30.9 Å². The minimum Gasteiger partial charge on any atom is -0.493 e. The predicted octanol–water partition coefficient (Wildman–Crippen LogP) is 0.744. The molecule has 0 spiro atoms. The summed E-state index contributed by atoms with van der Waals surface area (Å²) >= 11 is 0. The van der Waals surface area contributed by atoms with E-state index in [9.17, 15) is 20.0 Å². The minimum absolute atomic E-state index is 0.0924. The van der Waals surface area contributed by atoms with E-state index in [1.807, 2.05) is 12.1 Å². The Morgan fingerprint density at radius 2 is 1.97 bits per heavy atom. The number of hydrogen-bond donors (Lipinski definition) is 2. The lowest BCUT2D eigenvalue weighted by molar-refractivity contribution is -0.140. The number of benzene rings is 1. The van der Waals surface area contributed by atoms with Crippen molar-refractivity contribution in [2.24, 2.45) is 5.73 Å². The van der Waals surface area contributed by atoms with E-state index in [0.29, 0.717) is 43.9 Å². The van der Waals surface area contributed by atoms with Crippen LogP contribution < -0.4 is 15.2 Å². The molecule has 0 bridgehead atoms. The van der Waals surface area contributed by atoms with Crippen LogP contribution in [0.3, 0.4) is 0 Å². The summed E-state index contributed by atoms with van der Waals surface area (Å²) in [5, 5.41) is 18.8. The highest BCUT2D eigenvalue weighted by atomic mass is 16.5. The van der Waals surface area contributed by atoms with Crippen molar-refractivity contribution < 1.29 is 24.2 Å². The summed E-state index contributed by atoms with van der Waals surface area (Å²) in [6.07, 6.45) is 2.24. The quantitative estimate of drug-likeness (QED) is 0.653. The Balaban J connectivity index is 1.78. The van der Waals surface area contributed by atoms with E-state index >= 15 is 0 Å². The van der Waals surface area contributed by atoms with E-state index in [0.717, 1.165) is 17.5 Å². The first-order chi connectivity index (χ1) is 14.9. The molecular weight excluding hydrogens is 400 g/mol. The molecule has 0 aliphatic carbocycles. The molecule has 9 nitrogen and oxygen atoms in total. The second kappa shape index (κ2) is 9.98. The van der Waals surface area contributed by atoms with Crippen LogP contribution in [0, 0.1) is 11.3 Å². The largest absolute Gasteiger partial charge is 0.493 e. The Labute approximate surface area is 182 Å². The maximum Gasteiger partial charge on any atom is 0.241 e. The second-order valence-electron chi connectivity index (χ2n) is 7.90. The summed E-state index contributed by atoms with van der Waals surface area (Å²) in [5.74, 6) is 0.573. The van der Waals surface area contributed by atoms with Crippen LogP contribution in [-0.2, 0) is 16.0 Å². The molecule has 9 heteroatoms. The van der Waals surface area contributed by atoms with Gasteiger partial charge in [-0.3, -0.25) is 9.59 Å². The van der Waals surface area contributed by atoms with Crippen molar-refractivity contribution in [3.05, 3.63) is 23.3 Å². The Kier molecular flexibility index (Phi) is 7.36. The Morgan fingerprint density at radius 3 is 2.61 bits per heavy atom. The van der Waals surface area contributed by atoms with Crippen LogP contribution in [0.5, 0.6) is 11.5 Å². The van der Waals surface area contributed by atoms with Gasteiger partial charge in [0.25, 0.3) is 0 Å². The number of amides is 2. The fourth-order valence-electron chi connectivity index (χ4n) is 4.53. The highest BCUT2D eigenvalue weighted by Crippen LogP contribution is 2.39. The topological polar surface area (TPSA) is 129 Å². The van der Waals surface area contributed by atoms with Gasteiger partial charge in [0.15, 0.2) is 11.5 Å². The van der Waals surface area contributed by atoms with E-state index in [4.69, 9.17) is 15.2 Å². The van der Waals surface area contributed by atoms with Gasteiger partial charge < -0.3 is 30.1 Å². The molecular formula is C22H30N4O5. The zero-order valence-electron chi connectivity index (χ0n) is 18.0. The minimum atomic E-state index is -0.997. The van der Waals surface area contributed by atoms with Gasteiger partial charge in [-0.1, -0.05) is 0 Å². The van der Waals surface area contributed by atoms with Crippen molar-refractivity contribution in [2.75, 3.05) is 33.9 Å². The lowest BCUT2D eigenvalue weighted by Gasteiger charge is -2.38. The number of carbonyl (C=O) groups excluding carboxylic acids is 2. The fourth-order valence-corrected chi connectivity index (χ4v) is 4.53. The zero-order valence-corrected chi connectivity index (χ0v) is 18.0. The molecule has 1 saturated heterocycles. The average molecular weight is 431 g/mol. The molecule has 2 heterocycles. The lowest BCUT2D eigenvalue weighted by Crippen LogP contribution is -2.49. The molecule has 2 aliphatic heterocycles. The summed E-state index contributed by atoms with van der Waals surface area (Å²) in [7, 11) is 3.12. The summed E-state index contributed by atoms with van der Waals surface area (Å²) < 4.78 is 10.8. The van der Waals surface area contributed by atoms with Crippen LogP contribution in [0.1, 0.15) is 42.9 Å². The second-order valence-corrected chi connectivity index (χ2v) is 7.90. The zero-order chi connectivity index (χ0) is 22.5. The number of ether oxygens (including phenoxy) is 2. The van der Waals surface area contributed by atoms with Gasteiger partial charge in [-0.15, -0.1) is 0 Å². The number of hydrogen-bond acceptors (Lipinski definition) is 7. The van der Waals surface area contributed by atoms with Crippen molar-refractivity contribution in [2.45, 2.75) is 50.2 Å². The van der Waals surface area contributed by atoms with E-state index in [1.54, 1.807) is 19.1 Å². The van der Waals surface area contributed by atoms with Crippen molar-refractivity contribution >= 4 is 11.8 Å². The van der Waals surface area contributed by atoms with Gasteiger partial charge in [0.05, 0.1) is 38.8 Å². The maximum absolute atomic E-state index is 13.1. The molecule has 0 radical (unpaired) electrons. The summed E-state index contributed by atoms with van der Waals surface area (Å²) in [4.78, 5) is 29.0. The van der Waals surface area contributed by atoms with Crippen LogP contribution in [0.2, 0.25) is 0 Å². The SMILES string of the molecule is COc1cc2c(cc1OC)C(CCO)N(C(=O)CC(N)C(=O)N1CCCC1C#N)CC2. The molecule has 3 unspecified atom stereocenters. The standard InChI is InChI=1S/C22H30N4O5/c1-30-19-10-14-5-8-26(18(6-9-27)16(14)11-20(19)31-2)21(28)12-17(24)22(29)25-7-3-4-15(25)13-23/h10-11,15,17-18,27H,3-9,12,24H2,1-2H3. The van der Waals surface area contributed by atoms with E-state index in [2.05, 4.69) is 6.07 Å². The number of fused-ring (bicyclic) bond motifs is 1. The molecule has 3 atom stereocenters. The van der Waals surface area contributed by atoms with E-state index < -0.39 is 12.1 Å². The molecule has 31 heavy (non-hydrogen) atoms. The molecule has 3 N–H and O–H groups in total. The number of nitrogens with zero attached hydrogens (tertiary/aromatic N) is 3. The third-order valence-corrected chi connectivity index (χ3v) is 6.12. The Bertz CT molecular complexity index is 868. The molecule has 2 aliphatic rings. The number of likely N-dealkylation sites (tertiary alicyclic amines) is 1. The summed E-state index contributed by atoms with van der Waals surface area (Å²) in [6.45, 7) is 0.854. The summed E-state index contributed by atoms with van der Waals surface area (Å²) in [5.41, 5.74) is 8.02. The van der Waals surface area contributed by atoms with Crippen LogP contribution in [-0.4, -0.2) is 72.7 Å². The maximum atomic E-state index is 13.1. The van der Waals surface area contributed by atoms with Gasteiger partial charge >= 0.3 is 0 Å². The van der Waals surface area contributed by atoms with Crippen molar-refractivity contribution in [3.8, 4) is 17.6 Å². The molecule has 1 fully saturated rings. The first kappa shape index (κ1) is 22.8. The first-order valence-corrected chi connectivity index (χ1v) is 10.6. The molecule has 0 aromatic heterocycles. The van der Waals surface area contributed by atoms with Crippen LogP contribution in [0.25, 0.3) is 0 Å².